The van der Waals surface area contributed by atoms with Crippen molar-refractivity contribution in [1.29, 1.82) is 0 Å². The van der Waals surface area contributed by atoms with Crippen molar-refractivity contribution < 1.29 is 14.6 Å². The van der Waals surface area contributed by atoms with Gasteiger partial charge in [0, 0.05) is 13.1 Å². The minimum atomic E-state index is -0.978. The topological polar surface area (TPSA) is 75.8 Å². The number of carbonyl (C=O) groups excluding carboxylic acids is 1. The predicted molar refractivity (Wildman–Crippen MR) is 65.6 cm³/mol. The molecule has 0 saturated carbocycles. The van der Waals surface area contributed by atoms with Crippen LogP contribution < -0.4 is 5.73 Å². The van der Waals surface area contributed by atoms with Gasteiger partial charge in [0.05, 0.1) is 12.1 Å². The lowest BCUT2D eigenvalue weighted by molar-refractivity contribution is -0.0522. The molecule has 0 aromatic rings. The van der Waals surface area contributed by atoms with E-state index in [0.29, 0.717) is 13.0 Å². The van der Waals surface area contributed by atoms with Crippen LogP contribution in [0.25, 0.3) is 0 Å². The monoisotopic (exact) mass is 244 g/mol. The second-order valence-electron chi connectivity index (χ2n) is 6.10. The summed E-state index contributed by atoms with van der Waals surface area (Å²) in [6.07, 6.45) is 0.249. The van der Waals surface area contributed by atoms with Gasteiger partial charge < -0.3 is 20.5 Å². The Morgan fingerprint density at radius 2 is 2.18 bits per heavy atom. The van der Waals surface area contributed by atoms with Gasteiger partial charge in [-0.05, 0) is 33.1 Å². The molecule has 1 amide bonds. The number of nitrogens with two attached hydrogens (primary N) is 1. The van der Waals surface area contributed by atoms with E-state index in [1.54, 1.807) is 4.90 Å². The number of rotatable bonds is 1. The van der Waals surface area contributed by atoms with Crippen LogP contribution in [0.5, 0.6) is 0 Å². The van der Waals surface area contributed by atoms with Crippen molar-refractivity contribution in [3.63, 3.8) is 0 Å². The largest absolute Gasteiger partial charge is 0.444 e. The van der Waals surface area contributed by atoms with Crippen molar-refractivity contribution in [2.45, 2.75) is 45.3 Å². The van der Waals surface area contributed by atoms with Crippen molar-refractivity contribution in [3.05, 3.63) is 0 Å². The van der Waals surface area contributed by atoms with Gasteiger partial charge in [0.1, 0.15) is 5.60 Å². The minimum Gasteiger partial charge on any atom is -0.444 e. The molecule has 5 nitrogen and oxygen atoms in total. The second-order valence-corrected chi connectivity index (χ2v) is 6.10. The molecule has 0 radical (unpaired) electrons. The maximum Gasteiger partial charge on any atom is 0.410 e. The highest BCUT2D eigenvalue weighted by molar-refractivity contribution is 5.68. The lowest BCUT2D eigenvalue weighted by Gasteiger charge is -2.41. The summed E-state index contributed by atoms with van der Waals surface area (Å²) in [6, 6.07) is 0. The molecule has 1 fully saturated rings. The smallest absolute Gasteiger partial charge is 0.410 e. The first-order valence-corrected chi connectivity index (χ1v) is 6.05. The Balaban J connectivity index is 2.68. The van der Waals surface area contributed by atoms with Crippen LogP contribution in [0.4, 0.5) is 4.79 Å². The molecule has 5 heteroatoms. The van der Waals surface area contributed by atoms with E-state index in [-0.39, 0.29) is 25.1 Å². The summed E-state index contributed by atoms with van der Waals surface area (Å²) in [5.41, 5.74) is 4.07. The summed E-state index contributed by atoms with van der Waals surface area (Å²) >= 11 is 0. The molecular formula is C12H24N2O3. The number of hydrogen-bond donors (Lipinski definition) is 2. The molecular weight excluding hydrogens is 220 g/mol. The summed E-state index contributed by atoms with van der Waals surface area (Å²) < 4.78 is 5.30. The van der Waals surface area contributed by atoms with Gasteiger partial charge >= 0.3 is 6.09 Å². The Bertz CT molecular complexity index is 288. The van der Waals surface area contributed by atoms with Gasteiger partial charge in [0.25, 0.3) is 0 Å². The Hall–Kier alpha value is -0.810. The first-order chi connectivity index (χ1) is 7.65. The molecule has 3 N–H and O–H groups in total. The standard InChI is InChI=1S/C12H24N2O3/c1-9-5-12(16,7-13)8-14(6-9)10(15)17-11(2,3)4/h9,16H,5-8,13H2,1-4H3. The zero-order chi connectivity index (χ0) is 13.3. The first-order valence-electron chi connectivity index (χ1n) is 6.05. The number of piperidine rings is 1. The third-order valence-electron chi connectivity index (χ3n) is 2.78. The molecule has 17 heavy (non-hydrogen) atoms. The Morgan fingerprint density at radius 3 is 2.65 bits per heavy atom. The molecule has 2 unspecified atom stereocenters. The average molecular weight is 244 g/mol. The lowest BCUT2D eigenvalue weighted by atomic mass is 9.87. The first kappa shape index (κ1) is 14.3. The maximum absolute atomic E-state index is 11.9. The molecule has 1 saturated heterocycles. The average Bonchev–Trinajstić information content (AvgIpc) is 2.14. The number of β-amino-alcohol motifs (C(OH)–C–C–N with tert-alkyl or cyclic N) is 1. The fourth-order valence-electron chi connectivity index (χ4n) is 2.19. The summed E-state index contributed by atoms with van der Waals surface area (Å²) in [7, 11) is 0. The molecule has 2 atom stereocenters. The minimum absolute atomic E-state index is 0.163. The van der Waals surface area contributed by atoms with E-state index in [4.69, 9.17) is 10.5 Å². The van der Waals surface area contributed by atoms with Crippen LogP contribution in [0.2, 0.25) is 0 Å². The SMILES string of the molecule is CC1CN(C(=O)OC(C)(C)C)CC(O)(CN)C1. The number of amides is 1. The highest BCUT2D eigenvalue weighted by Gasteiger charge is 2.38. The predicted octanol–water partition coefficient (Wildman–Crippen LogP) is 0.953. The van der Waals surface area contributed by atoms with Gasteiger partial charge in [-0.15, -0.1) is 0 Å². The van der Waals surface area contributed by atoms with Crippen molar-refractivity contribution >= 4 is 6.09 Å². The third-order valence-corrected chi connectivity index (χ3v) is 2.78. The fourth-order valence-corrected chi connectivity index (χ4v) is 2.19. The number of ether oxygens (including phenoxy) is 1. The van der Waals surface area contributed by atoms with Crippen LogP contribution in [0.3, 0.4) is 0 Å². The molecule has 1 heterocycles. The molecule has 1 aliphatic rings. The number of nitrogens with zero attached hydrogens (tertiary/aromatic N) is 1. The van der Waals surface area contributed by atoms with Crippen LogP contribution in [0, 0.1) is 5.92 Å². The van der Waals surface area contributed by atoms with Gasteiger partial charge in [-0.25, -0.2) is 4.79 Å². The van der Waals surface area contributed by atoms with Crippen molar-refractivity contribution in [1.82, 2.24) is 4.90 Å². The van der Waals surface area contributed by atoms with Crippen LogP contribution in [0.1, 0.15) is 34.1 Å². The van der Waals surface area contributed by atoms with Gasteiger partial charge in [0.2, 0.25) is 0 Å². The quantitative estimate of drug-likeness (QED) is 0.720. The van der Waals surface area contributed by atoms with E-state index >= 15 is 0 Å². The summed E-state index contributed by atoms with van der Waals surface area (Å²) in [4.78, 5) is 13.5. The number of likely N-dealkylation sites (tertiary alicyclic amines) is 1. The maximum atomic E-state index is 11.9. The van der Waals surface area contributed by atoms with E-state index < -0.39 is 11.2 Å². The molecule has 100 valence electrons. The van der Waals surface area contributed by atoms with E-state index in [9.17, 15) is 9.90 Å². The Morgan fingerprint density at radius 1 is 1.59 bits per heavy atom. The Labute approximate surface area is 103 Å². The molecule has 0 bridgehead atoms. The number of aliphatic hydroxyl groups is 1. The molecule has 0 spiro atoms. The molecule has 1 aliphatic heterocycles. The third kappa shape index (κ3) is 4.16. The highest BCUT2D eigenvalue weighted by atomic mass is 16.6. The number of hydrogen-bond acceptors (Lipinski definition) is 4. The van der Waals surface area contributed by atoms with E-state index in [2.05, 4.69) is 0 Å². The summed E-state index contributed by atoms with van der Waals surface area (Å²) in [5.74, 6) is 0.227. The Kier molecular flexibility index (Phi) is 4.04. The summed E-state index contributed by atoms with van der Waals surface area (Å²) in [5, 5.41) is 10.2. The van der Waals surface area contributed by atoms with Crippen molar-refractivity contribution in [2.75, 3.05) is 19.6 Å². The summed E-state index contributed by atoms with van der Waals surface area (Å²) in [6.45, 7) is 8.50. The lowest BCUT2D eigenvalue weighted by Crippen LogP contribution is -2.57. The van der Waals surface area contributed by atoms with Crippen LogP contribution in [-0.4, -0.2) is 46.9 Å². The van der Waals surface area contributed by atoms with E-state index in [1.165, 1.54) is 0 Å². The molecule has 0 aliphatic carbocycles. The normalized spacial score (nSPS) is 30.2. The van der Waals surface area contributed by atoms with E-state index in [1.807, 2.05) is 27.7 Å². The van der Waals surface area contributed by atoms with Gasteiger partial charge in [0.15, 0.2) is 0 Å². The molecule has 0 aromatic heterocycles. The second kappa shape index (κ2) is 4.82. The zero-order valence-corrected chi connectivity index (χ0v) is 11.2. The zero-order valence-electron chi connectivity index (χ0n) is 11.2. The van der Waals surface area contributed by atoms with Crippen LogP contribution in [0.15, 0.2) is 0 Å². The van der Waals surface area contributed by atoms with Gasteiger partial charge in [-0.1, -0.05) is 6.92 Å². The highest BCUT2D eigenvalue weighted by Crippen LogP contribution is 2.25. The molecule has 0 aromatic carbocycles. The number of carbonyl (C=O) groups is 1. The van der Waals surface area contributed by atoms with Crippen molar-refractivity contribution in [2.24, 2.45) is 11.7 Å². The van der Waals surface area contributed by atoms with Crippen LogP contribution in [-0.2, 0) is 4.74 Å². The molecule has 1 rings (SSSR count). The van der Waals surface area contributed by atoms with E-state index in [0.717, 1.165) is 0 Å². The van der Waals surface area contributed by atoms with Gasteiger partial charge in [-0.2, -0.15) is 0 Å². The fraction of sp³-hybridized carbons (Fsp3) is 0.917. The van der Waals surface area contributed by atoms with Gasteiger partial charge in [-0.3, -0.25) is 0 Å². The van der Waals surface area contributed by atoms with Crippen LogP contribution >= 0.6 is 0 Å². The van der Waals surface area contributed by atoms with Crippen molar-refractivity contribution in [3.8, 4) is 0 Å².